The van der Waals surface area contributed by atoms with E-state index >= 15 is 0 Å². The molecule has 0 saturated heterocycles. The summed E-state index contributed by atoms with van der Waals surface area (Å²) in [6.45, 7) is 7.56. The number of hydrogen-bond donors (Lipinski definition) is 2. The zero-order valence-corrected chi connectivity index (χ0v) is 26.0. The number of nitrogens with zero attached hydrogens (tertiary/aromatic N) is 1. The maximum atomic E-state index is 13.4. The number of halogens is 1. The van der Waals surface area contributed by atoms with E-state index in [1.165, 1.54) is 0 Å². The Morgan fingerprint density at radius 3 is 2.38 bits per heavy atom. The Hall–Kier alpha value is -3.52. The number of thioether (sulfide) groups is 1. The van der Waals surface area contributed by atoms with Gasteiger partial charge in [-0.15, -0.1) is 0 Å². The van der Waals surface area contributed by atoms with Crippen LogP contribution in [-0.2, 0) is 17.9 Å². The lowest BCUT2D eigenvalue weighted by Gasteiger charge is -2.26. The molecule has 0 aliphatic rings. The van der Waals surface area contributed by atoms with Gasteiger partial charge >= 0.3 is 5.97 Å². The zero-order chi connectivity index (χ0) is 30.2. The first-order chi connectivity index (χ1) is 20.2. The SMILES string of the molecule is CSCC[C@H](NC(=O)c1ccc(CN(Cc2ccc(-c3ccc(Cl)cc3)o2)C(C)C)cc1-c1ccccc1C)C(=O)O. The highest BCUT2D eigenvalue weighted by Gasteiger charge is 2.23. The molecule has 4 aromatic rings. The van der Waals surface area contributed by atoms with Crippen molar-refractivity contribution in [3.05, 3.63) is 106 Å². The van der Waals surface area contributed by atoms with Crippen LogP contribution in [0.25, 0.3) is 22.5 Å². The highest BCUT2D eigenvalue weighted by molar-refractivity contribution is 7.98. The smallest absolute Gasteiger partial charge is 0.326 e. The lowest BCUT2D eigenvalue weighted by atomic mass is 9.93. The molecule has 0 saturated carbocycles. The van der Waals surface area contributed by atoms with Crippen molar-refractivity contribution in [2.24, 2.45) is 0 Å². The standard InChI is InChI=1S/C34H37ClN2O4S/c1-22(2)37(21-27-14-16-32(41-27)25-10-12-26(35)13-11-25)20-24-9-15-29(30(19-24)28-8-6-5-7-23(28)3)33(38)36-31(34(39)40)17-18-42-4/h5-16,19,22,31H,17-18,20-21H2,1-4H3,(H,36,38)(H,39,40)/t31-/m0/s1. The van der Waals surface area contributed by atoms with Crippen molar-refractivity contribution in [2.45, 2.75) is 52.4 Å². The van der Waals surface area contributed by atoms with Gasteiger partial charge < -0.3 is 14.8 Å². The number of hydrogen-bond acceptors (Lipinski definition) is 5. The van der Waals surface area contributed by atoms with Crippen molar-refractivity contribution in [3.8, 4) is 22.5 Å². The molecular formula is C34H37ClN2O4S. The third-order valence-corrected chi connectivity index (χ3v) is 8.14. The largest absolute Gasteiger partial charge is 0.480 e. The quantitative estimate of drug-likeness (QED) is 0.161. The number of rotatable bonds is 13. The number of furan rings is 1. The van der Waals surface area contributed by atoms with Crippen LogP contribution in [0.15, 0.2) is 83.3 Å². The summed E-state index contributed by atoms with van der Waals surface area (Å²) in [5.41, 5.74) is 5.22. The predicted octanol–water partition coefficient (Wildman–Crippen LogP) is 7.92. The third kappa shape index (κ3) is 8.06. The maximum Gasteiger partial charge on any atom is 0.326 e. The first-order valence-corrected chi connectivity index (χ1v) is 15.7. The summed E-state index contributed by atoms with van der Waals surface area (Å²) in [4.78, 5) is 27.6. The van der Waals surface area contributed by atoms with E-state index in [0.717, 1.165) is 39.3 Å². The summed E-state index contributed by atoms with van der Waals surface area (Å²) in [7, 11) is 0. The second kappa shape index (κ2) is 14.6. The number of carbonyl (C=O) groups is 2. The van der Waals surface area contributed by atoms with Gasteiger partial charge in [-0.3, -0.25) is 9.69 Å². The second-order valence-corrected chi connectivity index (χ2v) is 12.0. The lowest BCUT2D eigenvalue weighted by molar-refractivity contribution is -0.139. The normalized spacial score (nSPS) is 12.1. The maximum absolute atomic E-state index is 13.4. The van der Waals surface area contributed by atoms with Crippen molar-refractivity contribution in [1.82, 2.24) is 10.2 Å². The molecule has 1 atom stereocenters. The van der Waals surface area contributed by atoms with Crippen LogP contribution in [0.5, 0.6) is 0 Å². The number of aliphatic carboxylic acids is 1. The third-order valence-electron chi connectivity index (χ3n) is 7.24. The molecule has 0 fully saturated rings. The molecule has 0 bridgehead atoms. The van der Waals surface area contributed by atoms with E-state index in [1.54, 1.807) is 11.8 Å². The fraction of sp³-hybridized carbons (Fsp3) is 0.294. The summed E-state index contributed by atoms with van der Waals surface area (Å²) < 4.78 is 6.18. The van der Waals surface area contributed by atoms with Gasteiger partial charge in [0.2, 0.25) is 0 Å². The van der Waals surface area contributed by atoms with Gasteiger partial charge in [0, 0.05) is 28.7 Å². The minimum Gasteiger partial charge on any atom is -0.480 e. The van der Waals surface area contributed by atoms with Gasteiger partial charge in [-0.05, 0) is 110 Å². The van der Waals surface area contributed by atoms with Crippen LogP contribution in [0.4, 0.5) is 0 Å². The Labute approximate surface area is 257 Å². The average Bonchev–Trinajstić information content (AvgIpc) is 3.43. The van der Waals surface area contributed by atoms with Crippen molar-refractivity contribution >= 4 is 35.2 Å². The molecule has 220 valence electrons. The topological polar surface area (TPSA) is 82.8 Å². The van der Waals surface area contributed by atoms with Gasteiger partial charge in [0.05, 0.1) is 6.54 Å². The lowest BCUT2D eigenvalue weighted by Crippen LogP contribution is -2.41. The first kappa shape index (κ1) is 31.4. The molecule has 1 aromatic heterocycles. The Balaban J connectivity index is 1.60. The van der Waals surface area contributed by atoms with Gasteiger partial charge in [0.25, 0.3) is 5.91 Å². The van der Waals surface area contributed by atoms with Gasteiger partial charge in [0.1, 0.15) is 17.6 Å². The molecular weight excluding hydrogens is 568 g/mol. The molecule has 0 aliphatic heterocycles. The monoisotopic (exact) mass is 604 g/mol. The van der Waals surface area contributed by atoms with Crippen molar-refractivity contribution < 1.29 is 19.1 Å². The molecule has 0 spiro atoms. The highest BCUT2D eigenvalue weighted by atomic mass is 35.5. The summed E-state index contributed by atoms with van der Waals surface area (Å²) in [5.74, 6) is 0.868. The van der Waals surface area contributed by atoms with Crippen LogP contribution >= 0.6 is 23.4 Å². The van der Waals surface area contributed by atoms with Gasteiger partial charge in [0.15, 0.2) is 0 Å². The van der Waals surface area contributed by atoms with Crippen molar-refractivity contribution in [2.75, 3.05) is 12.0 Å². The number of carboxylic acids is 1. The summed E-state index contributed by atoms with van der Waals surface area (Å²) in [6.07, 6.45) is 2.27. The fourth-order valence-electron chi connectivity index (χ4n) is 4.80. The molecule has 0 radical (unpaired) electrons. The van der Waals surface area contributed by atoms with E-state index in [-0.39, 0.29) is 11.9 Å². The predicted molar refractivity (Wildman–Crippen MR) is 172 cm³/mol. The van der Waals surface area contributed by atoms with Crippen molar-refractivity contribution in [1.29, 1.82) is 0 Å². The number of nitrogens with one attached hydrogen (secondary N) is 1. The van der Waals surface area contributed by atoms with Crippen LogP contribution in [-0.4, -0.2) is 46.0 Å². The zero-order valence-electron chi connectivity index (χ0n) is 24.4. The minimum atomic E-state index is -1.03. The van der Waals surface area contributed by atoms with Gasteiger partial charge in [-0.2, -0.15) is 11.8 Å². The molecule has 0 unspecified atom stereocenters. The van der Waals surface area contributed by atoms with Crippen LogP contribution < -0.4 is 5.32 Å². The molecule has 0 aliphatic carbocycles. The van der Waals surface area contributed by atoms with E-state index in [9.17, 15) is 14.7 Å². The number of benzene rings is 3. The molecule has 6 nitrogen and oxygen atoms in total. The fourth-order valence-corrected chi connectivity index (χ4v) is 5.40. The Morgan fingerprint density at radius 1 is 0.976 bits per heavy atom. The number of amides is 1. The first-order valence-electron chi connectivity index (χ1n) is 14.0. The van der Waals surface area contributed by atoms with Crippen LogP contribution in [0.2, 0.25) is 5.02 Å². The van der Waals surface area contributed by atoms with Gasteiger partial charge in [-0.1, -0.05) is 41.9 Å². The van der Waals surface area contributed by atoms with E-state index in [2.05, 4.69) is 24.1 Å². The van der Waals surface area contributed by atoms with Crippen LogP contribution in [0.1, 0.15) is 47.5 Å². The van der Waals surface area contributed by atoms with E-state index in [0.29, 0.717) is 35.8 Å². The molecule has 1 heterocycles. The molecule has 4 rings (SSSR count). The number of carbonyl (C=O) groups excluding carboxylic acids is 1. The molecule has 42 heavy (non-hydrogen) atoms. The second-order valence-electron chi connectivity index (χ2n) is 10.6. The Kier molecular flexibility index (Phi) is 10.9. The summed E-state index contributed by atoms with van der Waals surface area (Å²) in [6, 6.07) is 24.6. The molecule has 2 N–H and O–H groups in total. The minimum absolute atomic E-state index is 0.228. The van der Waals surface area contributed by atoms with Crippen LogP contribution in [0.3, 0.4) is 0 Å². The van der Waals surface area contributed by atoms with Crippen molar-refractivity contribution in [3.63, 3.8) is 0 Å². The summed E-state index contributed by atoms with van der Waals surface area (Å²) in [5, 5.41) is 13.1. The van der Waals surface area contributed by atoms with E-state index in [1.807, 2.05) is 92.0 Å². The average molecular weight is 605 g/mol. The molecule has 3 aromatic carbocycles. The number of aryl methyl sites for hydroxylation is 1. The Bertz CT molecular complexity index is 1520. The Morgan fingerprint density at radius 2 is 1.71 bits per heavy atom. The number of carboxylic acid groups (broad SMARTS) is 1. The highest BCUT2D eigenvalue weighted by Crippen LogP contribution is 2.30. The van der Waals surface area contributed by atoms with E-state index < -0.39 is 12.0 Å². The molecule has 1 amide bonds. The van der Waals surface area contributed by atoms with Crippen LogP contribution in [0, 0.1) is 6.92 Å². The summed E-state index contributed by atoms with van der Waals surface area (Å²) >= 11 is 7.59. The molecule has 8 heteroatoms. The van der Waals surface area contributed by atoms with Gasteiger partial charge in [-0.25, -0.2) is 4.79 Å². The van der Waals surface area contributed by atoms with E-state index in [4.69, 9.17) is 16.0 Å².